The van der Waals surface area contributed by atoms with E-state index < -0.39 is 0 Å². The van der Waals surface area contributed by atoms with Gasteiger partial charge in [-0.2, -0.15) is 0 Å². The topological polar surface area (TPSA) is 32.3 Å². The highest BCUT2D eigenvalue weighted by Crippen LogP contribution is 2.26. The first kappa shape index (κ1) is 17.8. The van der Waals surface area contributed by atoms with E-state index in [2.05, 4.69) is 21.2 Å². The molecule has 2 aliphatic heterocycles. The van der Waals surface area contributed by atoms with Crippen LogP contribution in [-0.2, 0) is 11.2 Å². The van der Waals surface area contributed by atoms with Crippen molar-refractivity contribution in [3.63, 3.8) is 0 Å². The van der Waals surface area contributed by atoms with E-state index in [1.54, 1.807) is 0 Å². The summed E-state index contributed by atoms with van der Waals surface area (Å²) in [4.78, 5) is 14.4. The van der Waals surface area contributed by atoms with Crippen LogP contribution in [0.2, 0.25) is 0 Å². The molecule has 2 aliphatic rings. The minimum Gasteiger partial charge on any atom is -0.342 e. The van der Waals surface area contributed by atoms with Crippen molar-refractivity contribution < 1.29 is 4.79 Å². The number of nitrogens with zero attached hydrogens (tertiary/aromatic N) is 1. The number of likely N-dealkylation sites (tertiary alicyclic amines) is 1. The maximum atomic E-state index is 12.4. The van der Waals surface area contributed by atoms with Gasteiger partial charge in [-0.25, -0.2) is 0 Å². The molecule has 0 aliphatic carbocycles. The van der Waals surface area contributed by atoms with Crippen molar-refractivity contribution in [1.29, 1.82) is 0 Å². The largest absolute Gasteiger partial charge is 0.342 e. The van der Waals surface area contributed by atoms with Gasteiger partial charge in [-0.15, -0.1) is 12.4 Å². The molecular formula is C17H24BrClN2O. The Morgan fingerprint density at radius 1 is 1.18 bits per heavy atom. The first-order valence-corrected chi connectivity index (χ1v) is 8.77. The number of amides is 1. The van der Waals surface area contributed by atoms with Crippen LogP contribution in [0.3, 0.4) is 0 Å². The number of rotatable bonds is 3. The zero-order valence-corrected chi connectivity index (χ0v) is 15.2. The second kappa shape index (κ2) is 8.32. The molecule has 1 aromatic carbocycles. The summed E-state index contributed by atoms with van der Waals surface area (Å²) < 4.78 is 1.06. The fourth-order valence-electron chi connectivity index (χ4n) is 3.55. The van der Waals surface area contributed by atoms with Crippen molar-refractivity contribution in [3.05, 3.63) is 34.3 Å². The van der Waals surface area contributed by atoms with E-state index in [0.717, 1.165) is 41.9 Å². The quantitative estimate of drug-likeness (QED) is 0.862. The van der Waals surface area contributed by atoms with Crippen LogP contribution in [0, 0.1) is 5.92 Å². The molecule has 22 heavy (non-hydrogen) atoms. The standard InChI is InChI=1S/C17H23BrN2O.ClH/c18-15-5-3-13(4-6-15)12-17(21)20-10-7-14(8-11-20)16-2-1-9-19-16;/h3-6,14,16,19H,1-2,7-12H2;1H. The van der Waals surface area contributed by atoms with Crippen LogP contribution in [-0.4, -0.2) is 36.5 Å². The number of halogens is 2. The molecule has 2 saturated heterocycles. The Morgan fingerprint density at radius 3 is 2.45 bits per heavy atom. The summed E-state index contributed by atoms with van der Waals surface area (Å²) in [6.07, 6.45) is 5.47. The molecular weight excluding hydrogens is 364 g/mol. The van der Waals surface area contributed by atoms with Gasteiger partial charge in [0.15, 0.2) is 0 Å². The van der Waals surface area contributed by atoms with Gasteiger partial charge >= 0.3 is 0 Å². The van der Waals surface area contributed by atoms with Gasteiger partial charge in [-0.05, 0) is 55.8 Å². The number of hydrogen-bond acceptors (Lipinski definition) is 2. The fraction of sp³-hybridized carbons (Fsp3) is 0.588. The van der Waals surface area contributed by atoms with Crippen LogP contribution >= 0.6 is 28.3 Å². The molecule has 1 atom stereocenters. The Morgan fingerprint density at radius 2 is 1.86 bits per heavy atom. The van der Waals surface area contributed by atoms with Crippen molar-refractivity contribution in [1.82, 2.24) is 10.2 Å². The maximum Gasteiger partial charge on any atom is 0.226 e. The Balaban J connectivity index is 0.00000176. The second-order valence-electron chi connectivity index (χ2n) is 6.22. The highest BCUT2D eigenvalue weighted by molar-refractivity contribution is 9.10. The summed E-state index contributed by atoms with van der Waals surface area (Å²) in [7, 11) is 0. The van der Waals surface area contributed by atoms with Gasteiger partial charge in [-0.3, -0.25) is 4.79 Å². The molecule has 1 N–H and O–H groups in total. The smallest absolute Gasteiger partial charge is 0.226 e. The van der Waals surface area contributed by atoms with E-state index in [-0.39, 0.29) is 18.3 Å². The third-order valence-electron chi connectivity index (χ3n) is 4.83. The van der Waals surface area contributed by atoms with E-state index in [9.17, 15) is 4.79 Å². The van der Waals surface area contributed by atoms with E-state index in [4.69, 9.17) is 0 Å². The van der Waals surface area contributed by atoms with Crippen LogP contribution in [0.5, 0.6) is 0 Å². The third kappa shape index (κ3) is 4.46. The van der Waals surface area contributed by atoms with E-state index >= 15 is 0 Å². The number of benzene rings is 1. The van der Waals surface area contributed by atoms with Crippen molar-refractivity contribution in [3.8, 4) is 0 Å². The van der Waals surface area contributed by atoms with Gasteiger partial charge in [0.05, 0.1) is 6.42 Å². The van der Waals surface area contributed by atoms with Gasteiger partial charge in [-0.1, -0.05) is 28.1 Å². The lowest BCUT2D eigenvalue weighted by Gasteiger charge is -2.35. The number of nitrogens with one attached hydrogen (secondary N) is 1. The molecule has 1 amide bonds. The Bertz CT molecular complexity index is 480. The van der Waals surface area contributed by atoms with Gasteiger partial charge in [0, 0.05) is 23.6 Å². The number of carbonyl (C=O) groups excluding carboxylic acids is 1. The fourth-order valence-corrected chi connectivity index (χ4v) is 3.82. The first-order valence-electron chi connectivity index (χ1n) is 7.98. The van der Waals surface area contributed by atoms with Gasteiger partial charge in [0.25, 0.3) is 0 Å². The SMILES string of the molecule is Cl.O=C(Cc1ccc(Br)cc1)N1CCC(C2CCCN2)CC1. The minimum absolute atomic E-state index is 0. The highest BCUT2D eigenvalue weighted by atomic mass is 79.9. The summed E-state index contributed by atoms with van der Waals surface area (Å²) in [5, 5.41) is 3.61. The molecule has 2 fully saturated rings. The van der Waals surface area contributed by atoms with Gasteiger partial charge in [0.2, 0.25) is 5.91 Å². The Labute approximate surface area is 147 Å². The first-order chi connectivity index (χ1) is 10.2. The average Bonchev–Trinajstić information content (AvgIpc) is 3.04. The number of piperidine rings is 1. The lowest BCUT2D eigenvalue weighted by Crippen LogP contribution is -2.43. The van der Waals surface area contributed by atoms with Crippen molar-refractivity contribution >= 4 is 34.2 Å². The predicted octanol–water partition coefficient (Wildman–Crippen LogP) is 3.40. The summed E-state index contributed by atoms with van der Waals surface area (Å²) in [6.45, 7) is 3.03. The van der Waals surface area contributed by atoms with E-state index in [1.807, 2.05) is 29.2 Å². The molecule has 0 bridgehead atoms. The van der Waals surface area contributed by atoms with Gasteiger partial charge in [0.1, 0.15) is 0 Å². The predicted molar refractivity (Wildman–Crippen MR) is 95.4 cm³/mol. The van der Waals surface area contributed by atoms with Crippen LogP contribution in [0.4, 0.5) is 0 Å². The zero-order chi connectivity index (χ0) is 14.7. The molecule has 0 radical (unpaired) electrons. The molecule has 122 valence electrons. The summed E-state index contributed by atoms with van der Waals surface area (Å²) in [5.74, 6) is 1.04. The molecule has 3 nitrogen and oxygen atoms in total. The molecule has 0 aromatic heterocycles. The Hall–Kier alpha value is -0.580. The van der Waals surface area contributed by atoms with Crippen molar-refractivity contribution in [2.75, 3.05) is 19.6 Å². The molecule has 2 heterocycles. The molecule has 0 spiro atoms. The van der Waals surface area contributed by atoms with Crippen LogP contribution in [0.25, 0.3) is 0 Å². The van der Waals surface area contributed by atoms with Crippen molar-refractivity contribution in [2.24, 2.45) is 5.92 Å². The normalized spacial score (nSPS) is 22.4. The summed E-state index contributed by atoms with van der Waals surface area (Å²) >= 11 is 3.43. The van der Waals surface area contributed by atoms with Crippen LogP contribution in [0.15, 0.2) is 28.7 Å². The number of hydrogen-bond donors (Lipinski definition) is 1. The van der Waals surface area contributed by atoms with E-state index in [1.165, 1.54) is 19.4 Å². The summed E-state index contributed by atoms with van der Waals surface area (Å²) in [5.41, 5.74) is 1.10. The average molecular weight is 388 g/mol. The molecule has 1 aromatic rings. The summed E-state index contributed by atoms with van der Waals surface area (Å²) in [6, 6.07) is 8.75. The number of carbonyl (C=O) groups is 1. The molecule has 3 rings (SSSR count). The minimum atomic E-state index is 0. The molecule has 1 unspecified atom stereocenters. The zero-order valence-electron chi connectivity index (χ0n) is 12.8. The van der Waals surface area contributed by atoms with Gasteiger partial charge < -0.3 is 10.2 Å². The molecule has 0 saturated carbocycles. The molecule has 5 heteroatoms. The van der Waals surface area contributed by atoms with Crippen molar-refractivity contribution in [2.45, 2.75) is 38.1 Å². The monoisotopic (exact) mass is 386 g/mol. The lowest BCUT2D eigenvalue weighted by atomic mass is 9.88. The highest BCUT2D eigenvalue weighted by Gasteiger charge is 2.29. The van der Waals surface area contributed by atoms with Crippen LogP contribution < -0.4 is 5.32 Å². The lowest BCUT2D eigenvalue weighted by molar-refractivity contribution is -0.132. The second-order valence-corrected chi connectivity index (χ2v) is 7.14. The Kier molecular flexibility index (Phi) is 6.72. The van der Waals surface area contributed by atoms with Crippen LogP contribution in [0.1, 0.15) is 31.2 Å². The van der Waals surface area contributed by atoms with E-state index in [0.29, 0.717) is 12.5 Å². The third-order valence-corrected chi connectivity index (χ3v) is 5.36. The maximum absolute atomic E-state index is 12.4.